The van der Waals surface area contributed by atoms with Crippen LogP contribution in [0.25, 0.3) is 0 Å². The van der Waals surface area contributed by atoms with Gasteiger partial charge >= 0.3 is 0 Å². The van der Waals surface area contributed by atoms with Gasteiger partial charge in [0.05, 0.1) is 12.0 Å². The number of hydrogen-bond donors (Lipinski definition) is 2. The van der Waals surface area contributed by atoms with Gasteiger partial charge in [0.2, 0.25) is 17.7 Å². The van der Waals surface area contributed by atoms with Gasteiger partial charge in [0, 0.05) is 13.5 Å². The fourth-order valence-electron chi connectivity index (χ4n) is 0.978. The summed E-state index contributed by atoms with van der Waals surface area (Å²) in [6.45, 7) is 6.20. The van der Waals surface area contributed by atoms with Crippen LogP contribution in [0.2, 0.25) is 0 Å². The molecule has 1 amide bonds. The summed E-state index contributed by atoms with van der Waals surface area (Å²) in [6, 6.07) is 0. The van der Waals surface area contributed by atoms with Crippen LogP contribution in [0.4, 0.5) is 0 Å². The minimum Gasteiger partial charge on any atom is -0.424 e. The van der Waals surface area contributed by atoms with Gasteiger partial charge in [-0.15, -0.1) is 10.2 Å². The van der Waals surface area contributed by atoms with Crippen LogP contribution in [0, 0.1) is 12.3 Å². The van der Waals surface area contributed by atoms with Crippen LogP contribution in [0.1, 0.15) is 25.6 Å². The third kappa shape index (κ3) is 3.32. The van der Waals surface area contributed by atoms with Crippen LogP contribution in [0.5, 0.6) is 0 Å². The summed E-state index contributed by atoms with van der Waals surface area (Å²) in [6.07, 6.45) is 0. The van der Waals surface area contributed by atoms with Crippen LogP contribution in [-0.2, 0) is 11.3 Å². The lowest BCUT2D eigenvalue weighted by molar-refractivity contribution is -0.125. The Bertz CT molecular complexity index is 346. The van der Waals surface area contributed by atoms with Gasteiger partial charge < -0.3 is 15.5 Å². The summed E-state index contributed by atoms with van der Waals surface area (Å²) < 4.78 is 5.16. The second kappa shape index (κ2) is 4.39. The molecule has 0 atom stereocenters. The van der Waals surface area contributed by atoms with Crippen LogP contribution >= 0.6 is 0 Å². The molecule has 0 bridgehead atoms. The molecule has 6 heteroatoms. The van der Waals surface area contributed by atoms with E-state index < -0.39 is 5.41 Å². The standard InChI is InChI=1S/C9H16N4O2/c1-6-12-13-7(15-6)4-11-5-9(2,3)8(10)14/h11H,4-5H2,1-3H3,(H2,10,14). The zero-order valence-electron chi connectivity index (χ0n) is 9.20. The zero-order valence-corrected chi connectivity index (χ0v) is 9.20. The Morgan fingerprint density at radius 1 is 1.53 bits per heavy atom. The molecule has 84 valence electrons. The lowest BCUT2D eigenvalue weighted by atomic mass is 9.93. The highest BCUT2D eigenvalue weighted by Gasteiger charge is 2.24. The first-order chi connectivity index (χ1) is 6.92. The van der Waals surface area contributed by atoms with Gasteiger partial charge in [-0.1, -0.05) is 0 Å². The van der Waals surface area contributed by atoms with Crippen molar-refractivity contribution >= 4 is 5.91 Å². The molecule has 15 heavy (non-hydrogen) atoms. The molecule has 1 aromatic heterocycles. The Labute approximate surface area is 88.2 Å². The fourth-order valence-corrected chi connectivity index (χ4v) is 0.978. The Hall–Kier alpha value is -1.43. The first kappa shape index (κ1) is 11.6. The number of nitrogens with one attached hydrogen (secondary N) is 1. The largest absolute Gasteiger partial charge is 0.424 e. The van der Waals surface area contributed by atoms with E-state index in [0.717, 1.165) is 0 Å². The average Bonchev–Trinajstić information content (AvgIpc) is 2.51. The quantitative estimate of drug-likeness (QED) is 0.715. The summed E-state index contributed by atoms with van der Waals surface area (Å²) >= 11 is 0. The molecule has 0 spiro atoms. The molecule has 0 aliphatic carbocycles. The van der Waals surface area contributed by atoms with Gasteiger partial charge in [-0.05, 0) is 13.8 Å². The maximum absolute atomic E-state index is 11.0. The summed E-state index contributed by atoms with van der Waals surface area (Å²) in [4.78, 5) is 11.0. The number of aryl methyl sites for hydroxylation is 1. The first-order valence-electron chi connectivity index (χ1n) is 4.71. The molecule has 6 nitrogen and oxygen atoms in total. The van der Waals surface area contributed by atoms with E-state index >= 15 is 0 Å². The van der Waals surface area contributed by atoms with Gasteiger partial charge in [0.25, 0.3) is 0 Å². The Kier molecular flexibility index (Phi) is 3.41. The van der Waals surface area contributed by atoms with Crippen molar-refractivity contribution in [1.82, 2.24) is 15.5 Å². The van der Waals surface area contributed by atoms with Crippen molar-refractivity contribution in [1.29, 1.82) is 0 Å². The summed E-state index contributed by atoms with van der Waals surface area (Å²) in [5, 5.41) is 10.5. The Balaban J connectivity index is 2.36. The number of carbonyl (C=O) groups is 1. The van der Waals surface area contributed by atoms with E-state index in [4.69, 9.17) is 10.2 Å². The number of rotatable bonds is 5. The third-order valence-electron chi connectivity index (χ3n) is 2.08. The normalized spacial score (nSPS) is 11.7. The maximum atomic E-state index is 11.0. The molecule has 3 N–H and O–H groups in total. The molecule has 0 unspecified atom stereocenters. The smallest absolute Gasteiger partial charge is 0.230 e. The van der Waals surface area contributed by atoms with Crippen molar-refractivity contribution in [3.8, 4) is 0 Å². The number of aromatic nitrogens is 2. The number of nitrogens with zero attached hydrogens (tertiary/aromatic N) is 2. The molecule has 1 heterocycles. The topological polar surface area (TPSA) is 94.0 Å². The van der Waals surface area contributed by atoms with Crippen LogP contribution in [0.15, 0.2) is 4.42 Å². The molecular weight excluding hydrogens is 196 g/mol. The van der Waals surface area contributed by atoms with E-state index in [1.54, 1.807) is 20.8 Å². The van der Waals surface area contributed by atoms with E-state index in [-0.39, 0.29) is 5.91 Å². The van der Waals surface area contributed by atoms with E-state index in [9.17, 15) is 4.79 Å². The first-order valence-corrected chi connectivity index (χ1v) is 4.71. The molecule has 0 aromatic carbocycles. The molecule has 0 aliphatic rings. The van der Waals surface area contributed by atoms with Crippen molar-refractivity contribution in [2.45, 2.75) is 27.3 Å². The monoisotopic (exact) mass is 212 g/mol. The zero-order chi connectivity index (χ0) is 11.5. The second-order valence-electron chi connectivity index (χ2n) is 4.07. The van der Waals surface area contributed by atoms with Crippen molar-refractivity contribution in [3.05, 3.63) is 11.8 Å². The highest BCUT2D eigenvalue weighted by Crippen LogP contribution is 2.12. The molecule has 1 aromatic rings. The van der Waals surface area contributed by atoms with E-state index in [1.165, 1.54) is 0 Å². The molecule has 0 aliphatic heterocycles. The van der Waals surface area contributed by atoms with Crippen molar-refractivity contribution < 1.29 is 9.21 Å². The van der Waals surface area contributed by atoms with Crippen molar-refractivity contribution in [3.63, 3.8) is 0 Å². The summed E-state index contributed by atoms with van der Waals surface area (Å²) in [5.41, 5.74) is 4.65. The van der Waals surface area contributed by atoms with E-state index in [0.29, 0.717) is 24.9 Å². The number of nitrogens with two attached hydrogens (primary N) is 1. The van der Waals surface area contributed by atoms with Crippen molar-refractivity contribution in [2.24, 2.45) is 11.1 Å². The van der Waals surface area contributed by atoms with E-state index in [1.807, 2.05) is 0 Å². The number of hydrogen-bond acceptors (Lipinski definition) is 5. The van der Waals surface area contributed by atoms with Crippen molar-refractivity contribution in [2.75, 3.05) is 6.54 Å². The van der Waals surface area contributed by atoms with Gasteiger partial charge in [0.1, 0.15) is 0 Å². The maximum Gasteiger partial charge on any atom is 0.230 e. The Morgan fingerprint density at radius 2 is 2.20 bits per heavy atom. The van der Waals surface area contributed by atoms with Gasteiger partial charge in [-0.3, -0.25) is 4.79 Å². The highest BCUT2D eigenvalue weighted by atomic mass is 16.4. The third-order valence-corrected chi connectivity index (χ3v) is 2.08. The predicted molar refractivity (Wildman–Crippen MR) is 53.7 cm³/mol. The highest BCUT2D eigenvalue weighted by molar-refractivity contribution is 5.80. The molecule has 0 radical (unpaired) electrons. The van der Waals surface area contributed by atoms with Gasteiger partial charge in [-0.2, -0.15) is 0 Å². The molecular formula is C9H16N4O2. The summed E-state index contributed by atoms with van der Waals surface area (Å²) in [5.74, 6) is 0.699. The number of primary amides is 1. The SMILES string of the molecule is Cc1nnc(CNCC(C)(C)C(N)=O)o1. The molecule has 0 saturated heterocycles. The van der Waals surface area contributed by atoms with Gasteiger partial charge in [-0.25, -0.2) is 0 Å². The minimum absolute atomic E-state index is 0.336. The molecule has 0 fully saturated rings. The van der Waals surface area contributed by atoms with Crippen LogP contribution < -0.4 is 11.1 Å². The second-order valence-corrected chi connectivity index (χ2v) is 4.07. The molecule has 1 rings (SSSR count). The Morgan fingerprint density at radius 3 is 2.67 bits per heavy atom. The van der Waals surface area contributed by atoms with Gasteiger partial charge in [0.15, 0.2) is 0 Å². The minimum atomic E-state index is -0.574. The molecule has 0 saturated carbocycles. The fraction of sp³-hybridized carbons (Fsp3) is 0.667. The van der Waals surface area contributed by atoms with E-state index in [2.05, 4.69) is 15.5 Å². The van der Waals surface area contributed by atoms with Crippen LogP contribution in [-0.4, -0.2) is 22.6 Å². The summed E-state index contributed by atoms with van der Waals surface area (Å²) in [7, 11) is 0. The predicted octanol–water partition coefficient (Wildman–Crippen LogP) is -0.0209. The van der Waals surface area contributed by atoms with Crippen LogP contribution in [0.3, 0.4) is 0 Å². The lowest BCUT2D eigenvalue weighted by Crippen LogP contribution is -2.40. The number of carbonyl (C=O) groups excluding carboxylic acids is 1. The number of amides is 1. The lowest BCUT2D eigenvalue weighted by Gasteiger charge is -2.20. The average molecular weight is 212 g/mol.